The topological polar surface area (TPSA) is 158 Å². The Kier molecular flexibility index (Phi) is 9.34. The summed E-state index contributed by atoms with van der Waals surface area (Å²) in [6, 6.07) is 5.34. The predicted molar refractivity (Wildman–Crippen MR) is 178 cm³/mol. The van der Waals surface area contributed by atoms with E-state index in [4.69, 9.17) is 4.74 Å². The van der Waals surface area contributed by atoms with Crippen molar-refractivity contribution in [2.45, 2.75) is 82.5 Å². The number of carbonyl (C=O) groups excluding carboxylic acids is 4. The zero-order valence-electron chi connectivity index (χ0n) is 27.5. The number of fused-ring (bicyclic) bond motifs is 4. The lowest BCUT2D eigenvalue weighted by molar-refractivity contribution is -0.146. The molecule has 0 bridgehead atoms. The Morgan fingerprint density at radius 2 is 1.94 bits per heavy atom. The summed E-state index contributed by atoms with van der Waals surface area (Å²) in [6.45, 7) is 5.98. The first kappa shape index (κ1) is 33.6. The fourth-order valence-electron chi connectivity index (χ4n) is 7.32. The Bertz CT molecular complexity index is 1600. The van der Waals surface area contributed by atoms with Crippen LogP contribution in [-0.4, -0.2) is 92.5 Å². The fraction of sp³-hybridized carbons (Fsp3) is 0.543. The molecule has 1 saturated carbocycles. The number of hydrogen-bond acceptors (Lipinski definition) is 8. The molecule has 3 aliphatic heterocycles. The van der Waals surface area contributed by atoms with Crippen molar-refractivity contribution in [1.82, 2.24) is 25.4 Å². The standard InChI is InChI=1S/C35H43N5O7S/c1-34(2,3)47-33(46)37-26-13-8-6-4-5-7-12-24-17-35(24,32(44)45)38-28(41)27-25-20-39(18-23(25)19-40(27)31(26)43)30(42)22-11-9-10-21(16-22)29-36-14-15-48-29/h7,9-12,14-16,23-27H,4-6,8,13,17-20H2,1-3H3,(H,37,46)(H,38,41)(H,44,45)/b12-7-/t23-,24-,25-,26+,27-,35+/m0/s1. The zero-order chi connectivity index (χ0) is 34.2. The number of hydrogen-bond donors (Lipinski definition) is 3. The Hall–Kier alpha value is -4.26. The number of benzene rings is 1. The molecule has 3 fully saturated rings. The van der Waals surface area contributed by atoms with Gasteiger partial charge in [0.2, 0.25) is 11.8 Å². The predicted octanol–water partition coefficient (Wildman–Crippen LogP) is 4.08. The number of aliphatic carboxylic acids is 1. The number of carbonyl (C=O) groups is 5. The molecule has 6 atom stereocenters. The minimum atomic E-state index is -1.45. The van der Waals surface area contributed by atoms with E-state index in [1.165, 1.54) is 16.2 Å². The molecule has 2 aromatic rings. The lowest BCUT2D eigenvalue weighted by Crippen LogP contribution is -2.58. The Balaban J connectivity index is 1.27. The Morgan fingerprint density at radius 1 is 1.12 bits per heavy atom. The number of rotatable bonds is 4. The average molecular weight is 678 g/mol. The summed E-state index contributed by atoms with van der Waals surface area (Å²) in [5.41, 5.74) is -0.877. The maximum absolute atomic E-state index is 14.3. The third-order valence-electron chi connectivity index (χ3n) is 9.76. The van der Waals surface area contributed by atoms with E-state index in [0.717, 1.165) is 29.8 Å². The highest BCUT2D eigenvalue weighted by Crippen LogP contribution is 2.46. The molecule has 256 valence electrons. The van der Waals surface area contributed by atoms with Crippen LogP contribution in [0.2, 0.25) is 0 Å². The first-order valence-corrected chi connectivity index (χ1v) is 17.6. The zero-order valence-corrected chi connectivity index (χ0v) is 28.3. The monoisotopic (exact) mass is 677 g/mol. The van der Waals surface area contributed by atoms with Crippen molar-refractivity contribution in [2.24, 2.45) is 17.8 Å². The Morgan fingerprint density at radius 3 is 2.67 bits per heavy atom. The average Bonchev–Trinajstić information content (AvgIpc) is 3.40. The van der Waals surface area contributed by atoms with Gasteiger partial charge in [0.1, 0.15) is 28.2 Å². The molecule has 4 aliphatic rings. The van der Waals surface area contributed by atoms with E-state index >= 15 is 0 Å². The van der Waals surface area contributed by atoms with Crippen LogP contribution < -0.4 is 10.6 Å². The highest BCUT2D eigenvalue weighted by molar-refractivity contribution is 7.13. The normalized spacial score (nSPS) is 29.8. The van der Waals surface area contributed by atoms with Crippen molar-refractivity contribution in [2.75, 3.05) is 19.6 Å². The molecule has 0 unspecified atom stereocenters. The molecule has 3 N–H and O–H groups in total. The van der Waals surface area contributed by atoms with Crippen molar-refractivity contribution in [3.8, 4) is 10.6 Å². The second-order valence-corrected chi connectivity index (χ2v) is 15.2. The van der Waals surface area contributed by atoms with Crippen molar-refractivity contribution in [3.63, 3.8) is 0 Å². The quantitative estimate of drug-likeness (QED) is 0.409. The van der Waals surface area contributed by atoms with E-state index < -0.39 is 53.0 Å². The van der Waals surface area contributed by atoms with Crippen LogP contribution >= 0.6 is 11.3 Å². The van der Waals surface area contributed by atoms with Crippen molar-refractivity contribution >= 4 is 41.1 Å². The van der Waals surface area contributed by atoms with Gasteiger partial charge in [-0.05, 0) is 58.6 Å². The second-order valence-electron chi connectivity index (χ2n) is 14.3. The maximum atomic E-state index is 14.3. The highest BCUT2D eigenvalue weighted by Gasteiger charge is 2.62. The summed E-state index contributed by atoms with van der Waals surface area (Å²) < 4.78 is 5.47. The number of aromatic nitrogens is 1. The highest BCUT2D eigenvalue weighted by atomic mass is 32.1. The maximum Gasteiger partial charge on any atom is 0.408 e. The first-order chi connectivity index (χ1) is 22.9. The smallest absolute Gasteiger partial charge is 0.408 e. The van der Waals surface area contributed by atoms with Gasteiger partial charge in [0.05, 0.1) is 0 Å². The van der Waals surface area contributed by atoms with Crippen molar-refractivity contribution < 1.29 is 33.8 Å². The van der Waals surface area contributed by atoms with Gasteiger partial charge in [-0.1, -0.05) is 37.1 Å². The summed E-state index contributed by atoms with van der Waals surface area (Å²) in [7, 11) is 0. The molecule has 48 heavy (non-hydrogen) atoms. The van der Waals surface area contributed by atoms with Gasteiger partial charge in [-0.15, -0.1) is 11.3 Å². The third-order valence-corrected chi connectivity index (χ3v) is 10.6. The SMILES string of the molecule is CC(C)(C)OC(=O)N[C@@H]1CCCCC/C=C\[C@H]2C[C@@]2(C(=O)O)NC(=O)[C@@H]2[C@H]3CN(C(=O)c4cccc(-c5nccs5)c4)C[C@H]3CN2C1=O. The molecular weight excluding hydrogens is 634 g/mol. The summed E-state index contributed by atoms with van der Waals surface area (Å²) in [4.78, 5) is 75.2. The number of alkyl carbamates (subject to hydrolysis) is 1. The van der Waals surface area contributed by atoms with Crippen LogP contribution in [0.15, 0.2) is 48.0 Å². The van der Waals surface area contributed by atoms with Gasteiger partial charge >= 0.3 is 12.1 Å². The number of carboxylic acid groups (broad SMARTS) is 1. The first-order valence-electron chi connectivity index (χ1n) is 16.7. The van der Waals surface area contributed by atoms with Gasteiger partial charge < -0.3 is 30.3 Å². The van der Waals surface area contributed by atoms with Crippen LogP contribution in [0.3, 0.4) is 0 Å². The Labute approximate surface area is 283 Å². The summed E-state index contributed by atoms with van der Waals surface area (Å²) in [6.07, 6.45) is 8.53. The molecule has 4 amide bonds. The van der Waals surface area contributed by atoms with Gasteiger partial charge in [-0.3, -0.25) is 14.4 Å². The van der Waals surface area contributed by atoms with E-state index in [-0.39, 0.29) is 37.3 Å². The van der Waals surface area contributed by atoms with Gasteiger partial charge in [-0.25, -0.2) is 14.6 Å². The number of nitrogens with one attached hydrogen (secondary N) is 2. The van der Waals surface area contributed by atoms with E-state index in [2.05, 4.69) is 15.6 Å². The molecule has 2 saturated heterocycles. The van der Waals surface area contributed by atoms with Gasteiger partial charge in [0.25, 0.3) is 5.91 Å². The minimum Gasteiger partial charge on any atom is -0.479 e. The van der Waals surface area contributed by atoms with E-state index in [9.17, 15) is 29.1 Å². The number of carboxylic acids is 1. The molecule has 6 rings (SSSR count). The molecular formula is C35H43N5O7S. The van der Waals surface area contributed by atoms with Crippen LogP contribution in [-0.2, 0) is 19.1 Å². The number of thiazole rings is 1. The molecule has 12 nitrogen and oxygen atoms in total. The van der Waals surface area contributed by atoms with Crippen molar-refractivity contribution in [3.05, 3.63) is 53.6 Å². The molecule has 1 aliphatic carbocycles. The lowest BCUT2D eigenvalue weighted by Gasteiger charge is -2.33. The lowest BCUT2D eigenvalue weighted by atomic mass is 9.93. The van der Waals surface area contributed by atoms with Gasteiger partial charge in [0, 0.05) is 60.1 Å². The van der Waals surface area contributed by atoms with E-state index in [1.54, 1.807) is 37.9 Å². The van der Waals surface area contributed by atoms with Crippen molar-refractivity contribution in [1.29, 1.82) is 0 Å². The number of likely N-dealkylation sites (tertiary alicyclic amines) is 1. The number of allylic oxidation sites excluding steroid dienone is 1. The van der Waals surface area contributed by atoms with Crippen LogP contribution in [0.25, 0.3) is 10.6 Å². The van der Waals surface area contributed by atoms with E-state index in [0.29, 0.717) is 24.9 Å². The van der Waals surface area contributed by atoms with Crippen LogP contribution in [0, 0.1) is 17.8 Å². The summed E-state index contributed by atoms with van der Waals surface area (Å²) in [5.74, 6) is -3.25. The van der Waals surface area contributed by atoms with Gasteiger partial charge in [-0.2, -0.15) is 0 Å². The third kappa shape index (κ3) is 6.96. The van der Waals surface area contributed by atoms with Gasteiger partial charge in [0.15, 0.2) is 0 Å². The number of amides is 4. The molecule has 13 heteroatoms. The van der Waals surface area contributed by atoms with E-state index in [1.807, 2.05) is 35.7 Å². The fourth-order valence-corrected chi connectivity index (χ4v) is 7.96. The number of ether oxygens (including phenoxy) is 1. The molecule has 1 aromatic heterocycles. The molecule has 0 radical (unpaired) electrons. The van der Waals surface area contributed by atoms with Crippen LogP contribution in [0.4, 0.5) is 4.79 Å². The summed E-state index contributed by atoms with van der Waals surface area (Å²) >= 11 is 1.48. The largest absolute Gasteiger partial charge is 0.479 e. The van der Waals surface area contributed by atoms with Crippen LogP contribution in [0.1, 0.15) is 69.7 Å². The van der Waals surface area contributed by atoms with Crippen LogP contribution in [0.5, 0.6) is 0 Å². The second kappa shape index (κ2) is 13.3. The summed E-state index contributed by atoms with van der Waals surface area (Å²) in [5, 5.41) is 18.5. The minimum absolute atomic E-state index is 0.183. The number of nitrogens with zero attached hydrogens (tertiary/aromatic N) is 3. The molecule has 4 heterocycles. The molecule has 0 spiro atoms. The molecule has 1 aromatic carbocycles.